The summed E-state index contributed by atoms with van der Waals surface area (Å²) in [6.45, 7) is 2.76. The van der Waals surface area contributed by atoms with Crippen LogP contribution >= 0.6 is 0 Å². The third-order valence-corrected chi connectivity index (χ3v) is 2.97. The number of aryl methyl sites for hydroxylation is 1. The Morgan fingerprint density at radius 2 is 2.44 bits per heavy atom. The molecule has 2 heterocycles. The zero-order chi connectivity index (χ0) is 13.1. The third kappa shape index (κ3) is 2.70. The number of carboxylic acid groups (broad SMARTS) is 1. The van der Waals surface area contributed by atoms with E-state index in [0.29, 0.717) is 17.9 Å². The number of aromatic carboxylic acids is 1. The lowest BCUT2D eigenvalue weighted by Gasteiger charge is -2.22. The van der Waals surface area contributed by atoms with E-state index in [4.69, 9.17) is 9.52 Å². The number of amides is 1. The Labute approximate surface area is 104 Å². The van der Waals surface area contributed by atoms with Gasteiger partial charge in [-0.15, -0.1) is 0 Å². The molecule has 6 nitrogen and oxygen atoms in total. The number of carbonyl (C=O) groups is 2. The minimum atomic E-state index is -1.07. The first-order valence-corrected chi connectivity index (χ1v) is 5.91. The molecule has 1 aromatic rings. The van der Waals surface area contributed by atoms with Crippen molar-refractivity contribution in [2.75, 3.05) is 6.54 Å². The molecule has 1 fully saturated rings. The van der Waals surface area contributed by atoms with Gasteiger partial charge in [0.25, 0.3) is 0 Å². The highest BCUT2D eigenvalue weighted by molar-refractivity contribution is 5.86. The lowest BCUT2D eigenvalue weighted by atomic mass is 10.1. The molecule has 18 heavy (non-hydrogen) atoms. The maximum absolute atomic E-state index is 11.5. The molecule has 0 radical (unpaired) electrons. The Morgan fingerprint density at radius 3 is 3.06 bits per heavy atom. The van der Waals surface area contributed by atoms with E-state index in [-0.39, 0.29) is 17.7 Å². The van der Waals surface area contributed by atoms with Crippen LogP contribution in [0.25, 0.3) is 0 Å². The topological polar surface area (TPSA) is 91.6 Å². The molecule has 3 N–H and O–H groups in total. The molecule has 0 saturated carbocycles. The highest BCUT2D eigenvalue weighted by atomic mass is 16.4. The normalized spacial score (nSPS) is 19.6. The molecule has 1 saturated heterocycles. The quantitative estimate of drug-likeness (QED) is 0.732. The number of carbonyl (C=O) groups excluding carboxylic acids is 1. The van der Waals surface area contributed by atoms with E-state index in [1.165, 1.54) is 0 Å². The lowest BCUT2D eigenvalue weighted by molar-refractivity contribution is -0.124. The summed E-state index contributed by atoms with van der Waals surface area (Å²) in [5, 5.41) is 14.7. The molecule has 0 bridgehead atoms. The van der Waals surface area contributed by atoms with Gasteiger partial charge in [-0.3, -0.25) is 10.1 Å². The maximum Gasteiger partial charge on any atom is 0.372 e. The molecule has 1 amide bonds. The van der Waals surface area contributed by atoms with Crippen LogP contribution in [0.3, 0.4) is 0 Å². The zero-order valence-corrected chi connectivity index (χ0v) is 10.2. The average molecular weight is 252 g/mol. The van der Waals surface area contributed by atoms with Crippen LogP contribution in [0.4, 0.5) is 0 Å². The molecule has 1 aromatic heterocycles. The van der Waals surface area contributed by atoms with Crippen molar-refractivity contribution in [1.82, 2.24) is 10.6 Å². The van der Waals surface area contributed by atoms with Crippen molar-refractivity contribution in [3.8, 4) is 0 Å². The summed E-state index contributed by atoms with van der Waals surface area (Å²) in [6, 6.07) is 1.45. The van der Waals surface area contributed by atoms with Gasteiger partial charge in [0.2, 0.25) is 11.7 Å². The second-order valence-corrected chi connectivity index (χ2v) is 4.40. The van der Waals surface area contributed by atoms with Gasteiger partial charge in [0.1, 0.15) is 5.76 Å². The molecule has 0 spiro atoms. The fourth-order valence-corrected chi connectivity index (χ4v) is 2.04. The van der Waals surface area contributed by atoms with Gasteiger partial charge in [0.15, 0.2) is 0 Å². The van der Waals surface area contributed by atoms with Crippen molar-refractivity contribution >= 4 is 11.9 Å². The van der Waals surface area contributed by atoms with Gasteiger partial charge < -0.3 is 14.8 Å². The fourth-order valence-electron chi connectivity index (χ4n) is 2.04. The van der Waals surface area contributed by atoms with Crippen LogP contribution in [-0.4, -0.2) is 29.6 Å². The van der Waals surface area contributed by atoms with Crippen LogP contribution in [0, 0.1) is 6.92 Å². The molecule has 0 aromatic carbocycles. The number of rotatable bonds is 4. The van der Waals surface area contributed by atoms with Crippen LogP contribution in [0.5, 0.6) is 0 Å². The molecule has 98 valence electrons. The van der Waals surface area contributed by atoms with Crippen molar-refractivity contribution in [1.29, 1.82) is 0 Å². The Bertz CT molecular complexity index is 467. The minimum absolute atomic E-state index is 0.0111. The second kappa shape index (κ2) is 5.22. The van der Waals surface area contributed by atoms with Crippen molar-refractivity contribution in [2.24, 2.45) is 0 Å². The van der Waals surface area contributed by atoms with E-state index in [1.54, 1.807) is 13.0 Å². The van der Waals surface area contributed by atoms with Crippen molar-refractivity contribution in [2.45, 2.75) is 32.4 Å². The van der Waals surface area contributed by atoms with Gasteiger partial charge in [-0.25, -0.2) is 4.79 Å². The predicted octanol–water partition coefficient (Wildman–Crippen LogP) is 0.654. The van der Waals surface area contributed by atoms with Gasteiger partial charge in [0, 0.05) is 12.1 Å². The van der Waals surface area contributed by atoms with E-state index >= 15 is 0 Å². The van der Waals surface area contributed by atoms with Gasteiger partial charge in [0.05, 0.1) is 12.6 Å². The zero-order valence-electron chi connectivity index (χ0n) is 10.2. The van der Waals surface area contributed by atoms with Crippen LogP contribution in [0.2, 0.25) is 0 Å². The number of nitrogens with one attached hydrogen (secondary N) is 2. The molecule has 0 aliphatic carbocycles. The summed E-state index contributed by atoms with van der Waals surface area (Å²) in [5.74, 6) is -0.597. The van der Waals surface area contributed by atoms with Crippen LogP contribution in [-0.2, 0) is 11.3 Å². The molecular formula is C12H16N2O4. The third-order valence-electron chi connectivity index (χ3n) is 2.97. The van der Waals surface area contributed by atoms with Crippen molar-refractivity contribution < 1.29 is 19.1 Å². The van der Waals surface area contributed by atoms with E-state index in [9.17, 15) is 9.59 Å². The molecule has 1 aliphatic heterocycles. The summed E-state index contributed by atoms with van der Waals surface area (Å²) in [6.07, 6.45) is 1.73. The molecule has 1 unspecified atom stereocenters. The largest absolute Gasteiger partial charge is 0.475 e. The van der Waals surface area contributed by atoms with Crippen LogP contribution in [0.1, 0.15) is 34.7 Å². The van der Waals surface area contributed by atoms with Crippen molar-refractivity contribution in [3.05, 3.63) is 23.2 Å². The molecule has 1 atom stereocenters. The average Bonchev–Trinajstić information content (AvgIpc) is 2.70. The fraction of sp³-hybridized carbons (Fsp3) is 0.500. The molecule has 2 rings (SSSR count). The van der Waals surface area contributed by atoms with E-state index in [1.807, 2.05) is 0 Å². The number of furan rings is 1. The number of piperidine rings is 1. The number of hydrogen-bond donors (Lipinski definition) is 3. The maximum atomic E-state index is 11.5. The monoisotopic (exact) mass is 252 g/mol. The summed E-state index contributed by atoms with van der Waals surface area (Å²) < 4.78 is 5.21. The van der Waals surface area contributed by atoms with E-state index in [2.05, 4.69) is 10.6 Å². The second-order valence-electron chi connectivity index (χ2n) is 4.40. The van der Waals surface area contributed by atoms with Gasteiger partial charge in [-0.2, -0.15) is 0 Å². The smallest absolute Gasteiger partial charge is 0.372 e. The summed E-state index contributed by atoms with van der Waals surface area (Å²) in [7, 11) is 0. The number of carboxylic acids is 1. The predicted molar refractivity (Wildman–Crippen MR) is 63.3 cm³/mol. The Balaban J connectivity index is 1.95. The highest BCUT2D eigenvalue weighted by Gasteiger charge is 2.22. The first kappa shape index (κ1) is 12.6. The molecular weight excluding hydrogens is 236 g/mol. The lowest BCUT2D eigenvalue weighted by Crippen LogP contribution is -2.47. The summed E-state index contributed by atoms with van der Waals surface area (Å²) in [4.78, 5) is 22.3. The molecule has 1 aliphatic rings. The van der Waals surface area contributed by atoms with E-state index < -0.39 is 5.97 Å². The Kier molecular flexibility index (Phi) is 3.66. The van der Waals surface area contributed by atoms with Crippen LogP contribution in [0.15, 0.2) is 10.5 Å². The van der Waals surface area contributed by atoms with Gasteiger partial charge in [-0.05, 0) is 25.8 Å². The first-order valence-electron chi connectivity index (χ1n) is 5.91. The first-order chi connectivity index (χ1) is 8.58. The SMILES string of the molecule is Cc1cc(CNC2CCCNC2=O)oc1C(=O)O. The number of hydrogen-bond acceptors (Lipinski definition) is 4. The Morgan fingerprint density at radius 1 is 1.67 bits per heavy atom. The van der Waals surface area contributed by atoms with Gasteiger partial charge >= 0.3 is 5.97 Å². The molecule has 6 heteroatoms. The van der Waals surface area contributed by atoms with Crippen molar-refractivity contribution in [3.63, 3.8) is 0 Å². The summed E-state index contributed by atoms with van der Waals surface area (Å²) >= 11 is 0. The van der Waals surface area contributed by atoms with Gasteiger partial charge in [-0.1, -0.05) is 0 Å². The minimum Gasteiger partial charge on any atom is -0.475 e. The van der Waals surface area contributed by atoms with E-state index in [0.717, 1.165) is 19.4 Å². The Hall–Kier alpha value is -1.82. The summed E-state index contributed by atoms with van der Waals surface area (Å²) in [5.41, 5.74) is 0.590. The highest BCUT2D eigenvalue weighted by Crippen LogP contribution is 2.15. The van der Waals surface area contributed by atoms with Crippen LogP contribution < -0.4 is 10.6 Å². The standard InChI is InChI=1S/C12H16N2O4/c1-7-5-8(18-10(7)12(16)17)6-14-9-3-2-4-13-11(9)15/h5,9,14H,2-4,6H2,1H3,(H,13,15)(H,16,17).